The van der Waals surface area contributed by atoms with Gasteiger partial charge in [-0.2, -0.15) is 0 Å². The molecule has 0 spiro atoms. The molecular formula is C35H53NO5. The number of carboxylic acid groups (broad SMARTS) is 1. The number of aliphatic hydroxyl groups is 1. The van der Waals surface area contributed by atoms with Crippen LogP contribution in [-0.2, 0) is 10.2 Å². The van der Waals surface area contributed by atoms with Crippen molar-refractivity contribution in [2.24, 2.45) is 11.3 Å². The van der Waals surface area contributed by atoms with Crippen LogP contribution in [0.4, 0.5) is 0 Å². The van der Waals surface area contributed by atoms with Gasteiger partial charge in [0, 0.05) is 29.5 Å². The fraction of sp³-hybridized carbons (Fsp3) is 0.571. The number of amides is 1. The third-order valence-corrected chi connectivity index (χ3v) is 9.27. The van der Waals surface area contributed by atoms with Crippen molar-refractivity contribution >= 4 is 17.7 Å². The monoisotopic (exact) mass is 567 g/mol. The average molecular weight is 568 g/mol. The lowest BCUT2D eigenvalue weighted by Crippen LogP contribution is -2.48. The number of benzene rings is 2. The molecule has 1 amide bonds. The number of aliphatic carboxylic acids is 1. The number of Topliss-reactive ketones (excluding diaryl/α,β-unsaturated/α-hetero) is 1. The fourth-order valence-corrected chi connectivity index (χ4v) is 5.34. The van der Waals surface area contributed by atoms with Gasteiger partial charge in [-0.1, -0.05) is 85.7 Å². The van der Waals surface area contributed by atoms with Gasteiger partial charge >= 0.3 is 5.97 Å². The van der Waals surface area contributed by atoms with E-state index in [2.05, 4.69) is 19.9 Å². The second-order valence-corrected chi connectivity index (χ2v) is 12.3. The van der Waals surface area contributed by atoms with Crippen molar-refractivity contribution in [1.82, 2.24) is 4.90 Å². The molecule has 2 N–H and O–H groups in total. The summed E-state index contributed by atoms with van der Waals surface area (Å²) in [7, 11) is 1.50. The molecule has 0 fully saturated rings. The first-order valence-electron chi connectivity index (χ1n) is 14.9. The number of ketones is 1. The van der Waals surface area contributed by atoms with E-state index in [0.717, 1.165) is 35.1 Å². The molecule has 3 unspecified atom stereocenters. The summed E-state index contributed by atoms with van der Waals surface area (Å²) in [4.78, 5) is 39.1. The molecule has 0 heterocycles. The summed E-state index contributed by atoms with van der Waals surface area (Å²) >= 11 is 0. The number of carbonyl (C=O) groups excluding carboxylic acids is 2. The van der Waals surface area contributed by atoms with E-state index in [9.17, 15) is 24.6 Å². The highest BCUT2D eigenvalue weighted by Crippen LogP contribution is 2.42. The largest absolute Gasteiger partial charge is 0.480 e. The summed E-state index contributed by atoms with van der Waals surface area (Å²) < 4.78 is 0. The first kappa shape index (κ1) is 36.0. The maximum absolute atomic E-state index is 13.5. The van der Waals surface area contributed by atoms with E-state index in [-0.39, 0.29) is 17.1 Å². The number of aryl methyl sites for hydroxylation is 2. The molecule has 41 heavy (non-hydrogen) atoms. The molecule has 228 valence electrons. The summed E-state index contributed by atoms with van der Waals surface area (Å²) in [6, 6.07) is 10.8. The van der Waals surface area contributed by atoms with Crippen LogP contribution in [0.5, 0.6) is 0 Å². The number of rotatable bonds is 10. The number of likely N-dealkylation sites (N-methyl/N-ethyl adjacent to an activating group) is 1. The van der Waals surface area contributed by atoms with Gasteiger partial charge in [0.2, 0.25) is 0 Å². The van der Waals surface area contributed by atoms with Gasteiger partial charge in [0.25, 0.3) is 5.91 Å². The Labute approximate surface area is 248 Å². The van der Waals surface area contributed by atoms with E-state index >= 15 is 0 Å². The molecule has 0 saturated carbocycles. The van der Waals surface area contributed by atoms with Gasteiger partial charge in [-0.15, -0.1) is 0 Å². The Hall–Kier alpha value is -2.99. The smallest absolute Gasteiger partial charge is 0.326 e. The Morgan fingerprint density at radius 3 is 1.59 bits per heavy atom. The normalized spacial score (nSPS) is 14.7. The van der Waals surface area contributed by atoms with Crippen molar-refractivity contribution in [3.05, 3.63) is 69.8 Å². The zero-order chi connectivity index (χ0) is 32.1. The Kier molecular flexibility index (Phi) is 12.1. The number of carbonyl (C=O) groups is 3. The van der Waals surface area contributed by atoms with Crippen molar-refractivity contribution in [2.75, 3.05) is 7.05 Å². The molecule has 2 aromatic rings. The van der Waals surface area contributed by atoms with E-state index in [1.54, 1.807) is 19.9 Å². The fourth-order valence-electron chi connectivity index (χ4n) is 5.34. The summed E-state index contributed by atoms with van der Waals surface area (Å²) in [5, 5.41) is 20.5. The maximum atomic E-state index is 13.5. The second-order valence-electron chi connectivity index (χ2n) is 12.3. The highest BCUT2D eigenvalue weighted by molar-refractivity contribution is 6.00. The molecule has 0 aliphatic rings. The van der Waals surface area contributed by atoms with Crippen molar-refractivity contribution in [3.8, 4) is 0 Å². The Bertz CT molecular complexity index is 1230. The van der Waals surface area contributed by atoms with Gasteiger partial charge < -0.3 is 15.1 Å². The maximum Gasteiger partial charge on any atom is 0.326 e. The highest BCUT2D eigenvalue weighted by Gasteiger charge is 2.44. The van der Waals surface area contributed by atoms with Gasteiger partial charge in [0.1, 0.15) is 6.04 Å². The Morgan fingerprint density at radius 2 is 1.24 bits per heavy atom. The van der Waals surface area contributed by atoms with Crippen molar-refractivity contribution < 1.29 is 24.6 Å². The molecule has 0 radical (unpaired) electrons. The molecule has 2 aromatic carbocycles. The summed E-state index contributed by atoms with van der Waals surface area (Å²) in [6.07, 6.45) is 1.63. The van der Waals surface area contributed by atoms with E-state index in [0.29, 0.717) is 11.1 Å². The highest BCUT2D eigenvalue weighted by atomic mass is 16.4. The number of carboxylic acids is 1. The zero-order valence-electron chi connectivity index (χ0n) is 27.6. The number of hydrogen-bond acceptors (Lipinski definition) is 4. The Morgan fingerprint density at radius 1 is 0.829 bits per heavy atom. The molecule has 2 rings (SSSR count). The van der Waals surface area contributed by atoms with Gasteiger partial charge in [-0.3, -0.25) is 9.59 Å². The lowest BCUT2D eigenvalue weighted by Gasteiger charge is -2.41. The number of hydrogen-bond donors (Lipinski definition) is 2. The minimum Gasteiger partial charge on any atom is -0.480 e. The third kappa shape index (κ3) is 7.09. The molecule has 0 aliphatic carbocycles. The van der Waals surface area contributed by atoms with Crippen LogP contribution in [0.25, 0.3) is 0 Å². The van der Waals surface area contributed by atoms with Crippen LogP contribution in [0, 0.1) is 25.2 Å². The topological polar surface area (TPSA) is 94.9 Å². The second kappa shape index (κ2) is 13.8. The first-order valence-corrected chi connectivity index (χ1v) is 14.9. The predicted octanol–water partition coefficient (Wildman–Crippen LogP) is 7.60. The minimum atomic E-state index is -1.17. The third-order valence-electron chi connectivity index (χ3n) is 9.27. The van der Waals surface area contributed by atoms with Crippen LogP contribution < -0.4 is 0 Å². The van der Waals surface area contributed by atoms with E-state index in [1.165, 1.54) is 18.9 Å². The minimum absolute atomic E-state index is 0.0732. The lowest BCUT2D eigenvalue weighted by molar-refractivity contribution is -0.141. The standard InChI is InChI=1S/C33H47NO5.C2H6/c1-12-33(13-2,25-15-17-27(21(4)19-25)29(36)34(11)23(6)30(37)38)24-14-16-26(20(3)18-24)28(35)22(5)32(10,39)31(7,8)9;1-2/h14-19,22-23,39H,12-13H2,1-11H3,(H,37,38);1-2H3. The van der Waals surface area contributed by atoms with Crippen molar-refractivity contribution in [1.29, 1.82) is 0 Å². The summed E-state index contributed by atoms with van der Waals surface area (Å²) in [6.45, 7) is 22.9. The first-order chi connectivity index (χ1) is 18.9. The quantitative estimate of drug-likeness (QED) is 0.288. The van der Waals surface area contributed by atoms with E-state index in [4.69, 9.17) is 0 Å². The average Bonchev–Trinajstić information content (AvgIpc) is 2.92. The molecule has 6 heteroatoms. The molecular weight excluding hydrogens is 514 g/mol. The molecule has 3 atom stereocenters. The van der Waals surface area contributed by atoms with Gasteiger partial charge in [0.15, 0.2) is 5.78 Å². The summed E-state index contributed by atoms with van der Waals surface area (Å²) in [5.41, 5.74) is 2.95. The Balaban J connectivity index is 0.00000411. The van der Waals surface area contributed by atoms with Gasteiger partial charge in [-0.25, -0.2) is 4.79 Å². The van der Waals surface area contributed by atoms with E-state index < -0.39 is 28.9 Å². The molecule has 0 saturated heterocycles. The lowest BCUT2D eigenvalue weighted by atomic mass is 9.67. The van der Waals surface area contributed by atoms with Crippen LogP contribution in [0.3, 0.4) is 0 Å². The van der Waals surface area contributed by atoms with Crippen LogP contribution >= 0.6 is 0 Å². The van der Waals surface area contributed by atoms with Crippen molar-refractivity contribution in [2.45, 2.75) is 113 Å². The van der Waals surface area contributed by atoms with Crippen LogP contribution in [-0.4, -0.2) is 51.5 Å². The van der Waals surface area contributed by atoms with Gasteiger partial charge in [0.05, 0.1) is 5.60 Å². The van der Waals surface area contributed by atoms with Gasteiger partial charge in [-0.05, 0) is 74.3 Å². The van der Waals surface area contributed by atoms with Crippen LogP contribution in [0.15, 0.2) is 36.4 Å². The molecule has 0 aromatic heterocycles. The molecule has 0 aliphatic heterocycles. The van der Waals surface area contributed by atoms with Crippen LogP contribution in [0.2, 0.25) is 0 Å². The summed E-state index contributed by atoms with van der Waals surface area (Å²) in [5.74, 6) is -2.02. The number of nitrogens with zero attached hydrogens (tertiary/aromatic N) is 1. The predicted molar refractivity (Wildman–Crippen MR) is 168 cm³/mol. The van der Waals surface area contributed by atoms with Crippen molar-refractivity contribution in [3.63, 3.8) is 0 Å². The molecule has 6 nitrogen and oxygen atoms in total. The van der Waals surface area contributed by atoms with Crippen LogP contribution in [0.1, 0.15) is 125 Å². The van der Waals surface area contributed by atoms with E-state index in [1.807, 2.05) is 72.7 Å². The molecule has 0 bridgehead atoms. The zero-order valence-corrected chi connectivity index (χ0v) is 27.6. The SMILES string of the molecule is CC.CCC(CC)(c1ccc(C(=O)C(C)C(C)(O)C(C)(C)C)c(C)c1)c1ccc(C(=O)N(C)C(C)C(=O)O)c(C)c1.